The first-order valence-corrected chi connectivity index (χ1v) is 4.73. The van der Waals surface area contributed by atoms with Crippen molar-refractivity contribution in [3.05, 3.63) is 18.0 Å². The average molecular weight is 235 g/mol. The number of hydrogen-bond donors (Lipinski definition) is 1. The number of rotatable bonds is 4. The van der Waals surface area contributed by atoms with Crippen molar-refractivity contribution >= 4 is 5.91 Å². The van der Waals surface area contributed by atoms with E-state index in [2.05, 4.69) is 5.10 Å². The zero-order valence-corrected chi connectivity index (χ0v) is 8.71. The lowest BCUT2D eigenvalue weighted by atomic mass is 10.4. The van der Waals surface area contributed by atoms with Crippen molar-refractivity contribution in [2.45, 2.75) is 26.1 Å². The van der Waals surface area contributed by atoms with Crippen LogP contribution in [0.3, 0.4) is 0 Å². The van der Waals surface area contributed by atoms with E-state index < -0.39 is 12.1 Å². The van der Waals surface area contributed by atoms with Crippen molar-refractivity contribution in [3.63, 3.8) is 0 Å². The van der Waals surface area contributed by atoms with Gasteiger partial charge in [0.2, 0.25) is 0 Å². The summed E-state index contributed by atoms with van der Waals surface area (Å²) in [5, 5.41) is 5.76. The summed E-state index contributed by atoms with van der Waals surface area (Å²) < 4.78 is 36.9. The minimum atomic E-state index is -4.80. The largest absolute Gasteiger partial charge is 0.471 e. The Bertz CT molecular complexity index is 359. The molecule has 0 radical (unpaired) electrons. The molecule has 7 heteroatoms. The van der Waals surface area contributed by atoms with Crippen molar-refractivity contribution in [2.24, 2.45) is 0 Å². The molecule has 0 fully saturated rings. The molecule has 0 aliphatic carbocycles. The van der Waals surface area contributed by atoms with Crippen LogP contribution in [0, 0.1) is 6.92 Å². The molecule has 1 rings (SSSR count). The maximum Gasteiger partial charge on any atom is 0.471 e. The van der Waals surface area contributed by atoms with Crippen molar-refractivity contribution in [1.82, 2.24) is 15.1 Å². The maximum absolute atomic E-state index is 11.8. The molecule has 0 saturated carbocycles. The maximum atomic E-state index is 11.8. The number of aromatic nitrogens is 2. The Morgan fingerprint density at radius 2 is 2.25 bits per heavy atom. The molecule has 0 bridgehead atoms. The van der Waals surface area contributed by atoms with Gasteiger partial charge < -0.3 is 5.32 Å². The van der Waals surface area contributed by atoms with Crippen LogP contribution in [-0.2, 0) is 11.3 Å². The predicted molar refractivity (Wildman–Crippen MR) is 50.6 cm³/mol. The van der Waals surface area contributed by atoms with Crippen LogP contribution in [-0.4, -0.2) is 28.4 Å². The van der Waals surface area contributed by atoms with Gasteiger partial charge in [0.1, 0.15) is 0 Å². The van der Waals surface area contributed by atoms with E-state index in [9.17, 15) is 18.0 Å². The molecule has 0 saturated heterocycles. The summed E-state index contributed by atoms with van der Waals surface area (Å²) in [7, 11) is 0. The number of halogens is 3. The fourth-order valence-corrected chi connectivity index (χ4v) is 1.13. The first kappa shape index (κ1) is 12.5. The minimum absolute atomic E-state index is 0.0166. The average Bonchev–Trinajstić information content (AvgIpc) is 2.57. The summed E-state index contributed by atoms with van der Waals surface area (Å²) >= 11 is 0. The van der Waals surface area contributed by atoms with Crippen molar-refractivity contribution in [1.29, 1.82) is 0 Å². The number of aryl methyl sites for hydroxylation is 2. The van der Waals surface area contributed by atoms with Gasteiger partial charge in [-0.2, -0.15) is 18.3 Å². The van der Waals surface area contributed by atoms with Crippen molar-refractivity contribution in [2.75, 3.05) is 6.54 Å². The molecular formula is C9H12F3N3O. The summed E-state index contributed by atoms with van der Waals surface area (Å²) in [6.45, 7) is 2.33. The Kier molecular flexibility index (Phi) is 3.92. The Morgan fingerprint density at radius 3 is 2.75 bits per heavy atom. The second-order valence-corrected chi connectivity index (χ2v) is 3.39. The molecule has 4 nitrogen and oxygen atoms in total. The fourth-order valence-electron chi connectivity index (χ4n) is 1.13. The van der Waals surface area contributed by atoms with Gasteiger partial charge in [0.15, 0.2) is 0 Å². The van der Waals surface area contributed by atoms with E-state index in [4.69, 9.17) is 0 Å². The third kappa shape index (κ3) is 3.92. The number of alkyl halides is 3. The Morgan fingerprint density at radius 1 is 1.56 bits per heavy atom. The third-order valence-corrected chi connectivity index (χ3v) is 1.87. The first-order valence-electron chi connectivity index (χ1n) is 4.73. The van der Waals surface area contributed by atoms with Gasteiger partial charge in [0.25, 0.3) is 0 Å². The molecule has 0 atom stereocenters. The molecule has 1 aromatic rings. The molecule has 0 aliphatic heterocycles. The highest BCUT2D eigenvalue weighted by Crippen LogP contribution is 2.13. The highest BCUT2D eigenvalue weighted by atomic mass is 19.4. The van der Waals surface area contributed by atoms with Crippen LogP contribution in [0.2, 0.25) is 0 Å². The lowest BCUT2D eigenvalue weighted by molar-refractivity contribution is -0.173. The molecule has 16 heavy (non-hydrogen) atoms. The summed E-state index contributed by atoms with van der Waals surface area (Å²) in [5.74, 6) is -1.90. The number of amides is 1. The van der Waals surface area contributed by atoms with E-state index in [0.717, 1.165) is 5.56 Å². The van der Waals surface area contributed by atoms with Gasteiger partial charge in [-0.1, -0.05) is 0 Å². The van der Waals surface area contributed by atoms with Crippen LogP contribution < -0.4 is 5.32 Å². The summed E-state index contributed by atoms with van der Waals surface area (Å²) in [6.07, 6.45) is -0.953. The van der Waals surface area contributed by atoms with Gasteiger partial charge >= 0.3 is 12.1 Å². The predicted octanol–water partition coefficient (Wildman–Crippen LogP) is 1.26. The molecule has 0 aliphatic rings. The second kappa shape index (κ2) is 5.00. The van der Waals surface area contributed by atoms with Gasteiger partial charge in [0.05, 0.1) is 6.20 Å². The van der Waals surface area contributed by atoms with Gasteiger partial charge in [-0.15, -0.1) is 0 Å². The highest BCUT2D eigenvalue weighted by molar-refractivity contribution is 5.81. The van der Waals surface area contributed by atoms with Gasteiger partial charge in [0, 0.05) is 19.3 Å². The Labute approximate surface area is 90.4 Å². The monoisotopic (exact) mass is 235 g/mol. The zero-order chi connectivity index (χ0) is 12.2. The smallest absolute Gasteiger partial charge is 0.348 e. The van der Waals surface area contributed by atoms with E-state index in [1.807, 2.05) is 6.92 Å². The topological polar surface area (TPSA) is 46.9 Å². The standard InChI is InChI=1S/C9H12F3N3O/c1-7-5-14-15(6-7)4-2-3-13-8(16)9(10,11)12/h5-6H,2-4H2,1H3,(H,13,16). The number of carbonyl (C=O) groups is 1. The number of carbonyl (C=O) groups excluding carboxylic acids is 1. The Hall–Kier alpha value is -1.53. The van der Waals surface area contributed by atoms with E-state index in [1.165, 1.54) is 0 Å². The van der Waals surface area contributed by atoms with E-state index in [1.54, 1.807) is 22.4 Å². The van der Waals surface area contributed by atoms with E-state index in [-0.39, 0.29) is 6.54 Å². The van der Waals surface area contributed by atoms with Crippen LogP contribution in [0.15, 0.2) is 12.4 Å². The van der Waals surface area contributed by atoms with Crippen molar-refractivity contribution < 1.29 is 18.0 Å². The lowest BCUT2D eigenvalue weighted by Crippen LogP contribution is -2.37. The highest BCUT2D eigenvalue weighted by Gasteiger charge is 2.38. The van der Waals surface area contributed by atoms with E-state index in [0.29, 0.717) is 13.0 Å². The normalized spacial score (nSPS) is 11.5. The third-order valence-electron chi connectivity index (χ3n) is 1.87. The summed E-state index contributed by atoms with van der Waals surface area (Å²) in [4.78, 5) is 10.4. The number of nitrogens with zero attached hydrogens (tertiary/aromatic N) is 2. The van der Waals surface area contributed by atoms with Crippen LogP contribution in [0.25, 0.3) is 0 Å². The van der Waals surface area contributed by atoms with E-state index >= 15 is 0 Å². The van der Waals surface area contributed by atoms with Gasteiger partial charge in [-0.05, 0) is 18.9 Å². The fraction of sp³-hybridized carbons (Fsp3) is 0.556. The van der Waals surface area contributed by atoms with Gasteiger partial charge in [-0.25, -0.2) is 0 Å². The van der Waals surface area contributed by atoms with Crippen LogP contribution in [0.5, 0.6) is 0 Å². The molecule has 1 N–H and O–H groups in total. The minimum Gasteiger partial charge on any atom is -0.348 e. The SMILES string of the molecule is Cc1cnn(CCCNC(=O)C(F)(F)F)c1. The van der Waals surface area contributed by atoms with Crippen LogP contribution in [0.4, 0.5) is 13.2 Å². The molecule has 1 amide bonds. The molecule has 0 unspecified atom stereocenters. The summed E-state index contributed by atoms with van der Waals surface area (Å²) in [5.41, 5.74) is 0.985. The second-order valence-electron chi connectivity index (χ2n) is 3.39. The number of hydrogen-bond acceptors (Lipinski definition) is 2. The summed E-state index contributed by atoms with van der Waals surface area (Å²) in [6, 6.07) is 0. The molecule has 1 heterocycles. The zero-order valence-electron chi connectivity index (χ0n) is 8.71. The quantitative estimate of drug-likeness (QED) is 0.798. The molecular weight excluding hydrogens is 223 g/mol. The molecule has 1 aromatic heterocycles. The van der Waals surface area contributed by atoms with Crippen LogP contribution in [0.1, 0.15) is 12.0 Å². The lowest BCUT2D eigenvalue weighted by Gasteiger charge is -2.07. The number of nitrogens with one attached hydrogen (secondary N) is 1. The van der Waals surface area contributed by atoms with Gasteiger partial charge in [-0.3, -0.25) is 9.48 Å². The molecule has 0 spiro atoms. The van der Waals surface area contributed by atoms with Crippen LogP contribution >= 0.6 is 0 Å². The molecule has 90 valence electrons. The van der Waals surface area contributed by atoms with Crippen molar-refractivity contribution in [3.8, 4) is 0 Å². The first-order chi connectivity index (χ1) is 7.39. The Balaban J connectivity index is 2.20. The molecule has 0 aromatic carbocycles.